The van der Waals surface area contributed by atoms with Crippen molar-refractivity contribution in [3.8, 4) is 5.75 Å². The van der Waals surface area contributed by atoms with Gasteiger partial charge in [-0.1, -0.05) is 32.4 Å². The fraction of sp³-hybridized carbons (Fsp3) is 0.500. The summed E-state index contributed by atoms with van der Waals surface area (Å²) >= 11 is 6.31. The van der Waals surface area contributed by atoms with Gasteiger partial charge >= 0.3 is 0 Å². The van der Waals surface area contributed by atoms with E-state index >= 15 is 0 Å². The predicted octanol–water partition coefficient (Wildman–Crippen LogP) is 3.13. The zero-order valence-electron chi connectivity index (χ0n) is 16.2. The lowest BCUT2D eigenvalue weighted by Gasteiger charge is -2.26. The molecule has 0 spiro atoms. The van der Waals surface area contributed by atoms with Crippen molar-refractivity contribution in [3.05, 3.63) is 45.2 Å². The number of fused-ring (bicyclic) bond motifs is 1. The van der Waals surface area contributed by atoms with Crippen molar-refractivity contribution in [2.45, 2.75) is 52.7 Å². The molecule has 0 fully saturated rings. The molecule has 3 rings (SSSR count). The summed E-state index contributed by atoms with van der Waals surface area (Å²) < 4.78 is 6.14. The molecular formula is C20H26ClN3O3. The number of H-pyrrole nitrogens is 1. The Morgan fingerprint density at radius 2 is 2.15 bits per heavy atom. The average Bonchev–Trinajstić information content (AvgIpc) is 3.03. The molecule has 0 aliphatic carbocycles. The van der Waals surface area contributed by atoms with E-state index in [-0.39, 0.29) is 11.3 Å². The molecule has 6 nitrogen and oxygen atoms in total. The van der Waals surface area contributed by atoms with Crippen LogP contribution in [0.2, 0.25) is 5.02 Å². The van der Waals surface area contributed by atoms with Gasteiger partial charge in [0.05, 0.1) is 12.2 Å². The highest BCUT2D eigenvalue weighted by Gasteiger charge is 2.25. The van der Waals surface area contributed by atoms with Gasteiger partial charge in [0.1, 0.15) is 24.7 Å². The number of hydrogen-bond donors (Lipinski definition) is 2. The number of aliphatic hydroxyl groups excluding tert-OH is 1. The summed E-state index contributed by atoms with van der Waals surface area (Å²) in [5.74, 6) is 0.550. The number of halogens is 1. The highest BCUT2D eigenvalue weighted by molar-refractivity contribution is 6.31. The first-order chi connectivity index (χ1) is 12.7. The molecule has 27 heavy (non-hydrogen) atoms. The third-order valence-corrected chi connectivity index (χ3v) is 5.35. The topological polar surface area (TPSA) is 78.5 Å². The van der Waals surface area contributed by atoms with E-state index in [2.05, 4.69) is 31.0 Å². The molecule has 2 heterocycles. The van der Waals surface area contributed by atoms with Gasteiger partial charge in [0.25, 0.3) is 0 Å². The van der Waals surface area contributed by atoms with Crippen LogP contribution in [0.4, 0.5) is 0 Å². The lowest BCUT2D eigenvalue weighted by atomic mass is 9.86. The molecule has 0 radical (unpaired) electrons. The molecule has 2 N–H and O–H groups in total. The van der Waals surface area contributed by atoms with Crippen LogP contribution >= 0.6 is 11.6 Å². The second-order valence-corrected chi connectivity index (χ2v) is 8.39. The smallest absolute Gasteiger partial charge is 0.248 e. The lowest BCUT2D eigenvalue weighted by molar-refractivity contribution is -0.135. The van der Waals surface area contributed by atoms with Gasteiger partial charge in [-0.05, 0) is 36.5 Å². The van der Waals surface area contributed by atoms with Gasteiger partial charge in [-0.3, -0.25) is 9.89 Å². The first-order valence-electron chi connectivity index (χ1n) is 9.07. The largest absolute Gasteiger partial charge is 0.487 e. The SMILES string of the molecule is Cc1cc(OCc2n[nH]c3c2CCN(C(=O)CO)C3)c(C(C)(C)C)cc1Cl. The summed E-state index contributed by atoms with van der Waals surface area (Å²) in [6.07, 6.45) is 0.696. The second-order valence-electron chi connectivity index (χ2n) is 7.99. The van der Waals surface area contributed by atoms with Crippen molar-refractivity contribution >= 4 is 17.5 Å². The van der Waals surface area contributed by atoms with Crippen LogP contribution in [-0.4, -0.2) is 39.3 Å². The van der Waals surface area contributed by atoms with E-state index < -0.39 is 6.61 Å². The molecule has 146 valence electrons. The number of ether oxygens (including phenoxy) is 1. The van der Waals surface area contributed by atoms with Gasteiger partial charge in [0.2, 0.25) is 5.91 Å². The molecule has 1 aromatic carbocycles. The molecule has 7 heteroatoms. The van der Waals surface area contributed by atoms with E-state index in [0.29, 0.717) is 26.1 Å². The number of aliphatic hydroxyl groups is 1. The molecule has 0 unspecified atom stereocenters. The van der Waals surface area contributed by atoms with E-state index in [9.17, 15) is 4.79 Å². The standard InChI is InChI=1S/C20H26ClN3O3/c1-12-7-18(14(8-15(12)21)20(2,3)4)27-11-17-13-5-6-24(19(26)10-25)9-16(13)22-23-17/h7-8,25H,5-6,9-11H2,1-4H3,(H,22,23). The van der Waals surface area contributed by atoms with Crippen LogP contribution in [0.5, 0.6) is 5.75 Å². The second kappa shape index (κ2) is 7.52. The summed E-state index contributed by atoms with van der Waals surface area (Å²) in [7, 11) is 0. The Balaban J connectivity index is 1.79. The molecule has 0 atom stereocenters. The molecule has 0 bridgehead atoms. The number of benzene rings is 1. The van der Waals surface area contributed by atoms with E-state index in [1.54, 1.807) is 4.90 Å². The minimum Gasteiger partial charge on any atom is -0.487 e. The first-order valence-corrected chi connectivity index (χ1v) is 9.45. The quantitative estimate of drug-likeness (QED) is 0.839. The predicted molar refractivity (Wildman–Crippen MR) is 104 cm³/mol. The van der Waals surface area contributed by atoms with Crippen LogP contribution in [0, 0.1) is 6.92 Å². The molecule has 1 aromatic heterocycles. The maximum Gasteiger partial charge on any atom is 0.248 e. The lowest BCUT2D eigenvalue weighted by Crippen LogP contribution is -2.37. The number of hydrogen-bond acceptors (Lipinski definition) is 4. The maximum absolute atomic E-state index is 11.7. The van der Waals surface area contributed by atoms with E-state index in [0.717, 1.165) is 38.9 Å². The third-order valence-electron chi connectivity index (χ3n) is 4.94. The third kappa shape index (κ3) is 4.12. The number of aromatic nitrogens is 2. The zero-order chi connectivity index (χ0) is 19.8. The number of carbonyl (C=O) groups excluding carboxylic acids is 1. The van der Waals surface area contributed by atoms with Gasteiger partial charge in [-0.15, -0.1) is 0 Å². The Bertz CT molecular complexity index is 855. The maximum atomic E-state index is 11.7. The van der Waals surface area contributed by atoms with Crippen LogP contribution in [0.3, 0.4) is 0 Å². The number of nitrogens with one attached hydrogen (secondary N) is 1. The number of nitrogens with zero attached hydrogens (tertiary/aromatic N) is 2. The van der Waals surface area contributed by atoms with Crippen molar-refractivity contribution in [2.24, 2.45) is 0 Å². The monoisotopic (exact) mass is 391 g/mol. The highest BCUT2D eigenvalue weighted by atomic mass is 35.5. The van der Waals surface area contributed by atoms with Crippen molar-refractivity contribution in [1.82, 2.24) is 15.1 Å². The normalized spacial score (nSPS) is 14.2. The minimum absolute atomic E-state index is 0.0944. The van der Waals surface area contributed by atoms with Gasteiger partial charge < -0.3 is 14.7 Å². The van der Waals surface area contributed by atoms with Crippen molar-refractivity contribution in [2.75, 3.05) is 13.2 Å². The molecule has 1 aliphatic rings. The van der Waals surface area contributed by atoms with Crippen LogP contribution < -0.4 is 4.74 Å². The Labute approximate surface area is 164 Å². The van der Waals surface area contributed by atoms with Gasteiger partial charge in [-0.25, -0.2) is 0 Å². The van der Waals surface area contributed by atoms with E-state index in [4.69, 9.17) is 21.4 Å². The Kier molecular flexibility index (Phi) is 5.49. The highest BCUT2D eigenvalue weighted by Crippen LogP contribution is 2.36. The summed E-state index contributed by atoms with van der Waals surface area (Å²) in [6.45, 7) is 9.25. The molecular weight excluding hydrogens is 366 g/mol. The van der Waals surface area contributed by atoms with Gasteiger partial charge in [-0.2, -0.15) is 5.10 Å². The van der Waals surface area contributed by atoms with Crippen molar-refractivity contribution in [3.63, 3.8) is 0 Å². The van der Waals surface area contributed by atoms with Crippen LogP contribution in [0.15, 0.2) is 12.1 Å². The number of rotatable bonds is 4. The summed E-state index contributed by atoms with van der Waals surface area (Å²) in [5.41, 5.74) is 4.80. The van der Waals surface area contributed by atoms with Gasteiger partial charge in [0.15, 0.2) is 0 Å². The number of aromatic amines is 1. The Hall–Kier alpha value is -2.05. The molecule has 1 aliphatic heterocycles. The van der Waals surface area contributed by atoms with Crippen molar-refractivity contribution < 1.29 is 14.6 Å². The molecule has 0 saturated heterocycles. The number of carbonyl (C=O) groups is 1. The zero-order valence-corrected chi connectivity index (χ0v) is 17.0. The molecule has 2 aromatic rings. The summed E-state index contributed by atoms with van der Waals surface area (Å²) in [4.78, 5) is 13.3. The van der Waals surface area contributed by atoms with Crippen LogP contribution in [-0.2, 0) is 29.8 Å². The summed E-state index contributed by atoms with van der Waals surface area (Å²) in [6, 6.07) is 3.95. The van der Waals surface area contributed by atoms with E-state index in [1.165, 1.54) is 0 Å². The average molecular weight is 392 g/mol. The Morgan fingerprint density at radius 1 is 1.41 bits per heavy atom. The fourth-order valence-corrected chi connectivity index (χ4v) is 3.49. The number of amides is 1. The van der Waals surface area contributed by atoms with Crippen molar-refractivity contribution in [1.29, 1.82) is 0 Å². The first kappa shape index (κ1) is 19.7. The molecule has 1 amide bonds. The fourth-order valence-electron chi connectivity index (χ4n) is 3.33. The summed E-state index contributed by atoms with van der Waals surface area (Å²) in [5, 5.41) is 17.2. The molecule has 0 saturated carbocycles. The van der Waals surface area contributed by atoms with Gasteiger partial charge in [0, 0.05) is 22.7 Å². The number of aryl methyl sites for hydroxylation is 1. The van der Waals surface area contributed by atoms with Crippen LogP contribution in [0.1, 0.15) is 48.8 Å². The minimum atomic E-state index is -0.467. The van der Waals surface area contributed by atoms with E-state index in [1.807, 2.05) is 19.1 Å². The van der Waals surface area contributed by atoms with Crippen LogP contribution in [0.25, 0.3) is 0 Å². The Morgan fingerprint density at radius 3 is 2.81 bits per heavy atom.